The fourth-order valence-electron chi connectivity index (χ4n) is 5.16. The predicted molar refractivity (Wildman–Crippen MR) is 147 cm³/mol. The van der Waals surface area contributed by atoms with Crippen LogP contribution in [0.4, 0.5) is 0 Å². The first-order valence-corrected chi connectivity index (χ1v) is 12.4. The predicted octanol–water partition coefficient (Wildman–Crippen LogP) is 9.33. The first-order chi connectivity index (χ1) is 16.9. The van der Waals surface area contributed by atoms with E-state index < -0.39 is 0 Å². The zero-order chi connectivity index (χ0) is 22.5. The first kappa shape index (κ1) is 19.3. The summed E-state index contributed by atoms with van der Waals surface area (Å²) in [6, 6.07) is 43.8. The maximum atomic E-state index is 2.46. The van der Waals surface area contributed by atoms with Crippen molar-refractivity contribution >= 4 is 43.2 Å². The molecule has 2 heteroatoms. The van der Waals surface area contributed by atoms with E-state index in [4.69, 9.17) is 0 Å². The van der Waals surface area contributed by atoms with Crippen LogP contribution in [0.25, 0.3) is 59.8 Å². The highest BCUT2D eigenvalue weighted by Crippen LogP contribution is 2.40. The van der Waals surface area contributed by atoms with Crippen LogP contribution < -0.4 is 0 Å². The van der Waals surface area contributed by atoms with E-state index in [0.29, 0.717) is 0 Å². The van der Waals surface area contributed by atoms with Gasteiger partial charge in [0.15, 0.2) is 0 Å². The molecule has 0 radical (unpaired) electrons. The number of fused-ring (bicyclic) bond motifs is 5. The van der Waals surface area contributed by atoms with Crippen LogP contribution in [0.15, 0.2) is 127 Å². The van der Waals surface area contributed by atoms with Gasteiger partial charge >= 0.3 is 0 Å². The summed E-state index contributed by atoms with van der Waals surface area (Å²) in [5.41, 5.74) is 8.65. The number of nitrogens with zero attached hydrogens (tertiary/aromatic N) is 1. The lowest BCUT2D eigenvalue weighted by Crippen LogP contribution is -1.97. The molecule has 1 nitrogen and oxygen atoms in total. The summed E-state index contributed by atoms with van der Waals surface area (Å²) in [6.07, 6.45) is 0. The van der Waals surface area contributed by atoms with Crippen molar-refractivity contribution in [1.29, 1.82) is 0 Å². The van der Waals surface area contributed by atoms with Gasteiger partial charge in [-0.1, -0.05) is 91.0 Å². The zero-order valence-corrected chi connectivity index (χ0v) is 19.3. The van der Waals surface area contributed by atoms with Crippen molar-refractivity contribution in [3.8, 4) is 27.9 Å². The van der Waals surface area contributed by atoms with Crippen LogP contribution >= 0.6 is 11.3 Å². The molecule has 0 atom stereocenters. The molecule has 0 N–H and O–H groups in total. The van der Waals surface area contributed by atoms with Gasteiger partial charge in [0.2, 0.25) is 0 Å². The van der Waals surface area contributed by atoms with Crippen molar-refractivity contribution in [2.45, 2.75) is 0 Å². The zero-order valence-electron chi connectivity index (χ0n) is 18.5. The highest BCUT2D eigenvalue weighted by molar-refractivity contribution is 7.17. The molecule has 0 aliphatic carbocycles. The Morgan fingerprint density at radius 3 is 2.21 bits per heavy atom. The Labute approximate surface area is 202 Å². The third-order valence-corrected chi connectivity index (χ3v) is 7.57. The van der Waals surface area contributed by atoms with Crippen LogP contribution in [-0.4, -0.2) is 4.57 Å². The average Bonchev–Trinajstić information content (AvgIpc) is 3.52. The topological polar surface area (TPSA) is 4.93 Å². The third kappa shape index (κ3) is 2.93. The van der Waals surface area contributed by atoms with E-state index >= 15 is 0 Å². The average molecular weight is 452 g/mol. The molecule has 2 heterocycles. The Kier molecular flexibility index (Phi) is 4.39. The van der Waals surface area contributed by atoms with E-state index in [-0.39, 0.29) is 0 Å². The highest BCUT2D eigenvalue weighted by atomic mass is 32.1. The Balaban J connectivity index is 1.55. The van der Waals surface area contributed by atoms with Gasteiger partial charge in [-0.2, -0.15) is 0 Å². The number of rotatable bonds is 3. The fraction of sp³-hybridized carbons (Fsp3) is 0. The van der Waals surface area contributed by atoms with Crippen LogP contribution in [0.3, 0.4) is 0 Å². The lowest BCUT2D eigenvalue weighted by Gasteiger charge is -2.15. The van der Waals surface area contributed by atoms with Crippen molar-refractivity contribution in [2.24, 2.45) is 0 Å². The molecule has 7 rings (SSSR count). The molecule has 2 aromatic heterocycles. The monoisotopic (exact) mass is 451 g/mol. The standard InChI is InChI=1S/C32H21NS/c1-2-9-22(10-3-1)23-11-8-12-24(21-23)25-13-4-6-15-29(25)33-30-16-7-5-14-26(30)27-17-18-31-28(32(27)33)19-20-34-31/h1-21H. The van der Waals surface area contributed by atoms with E-state index in [1.807, 2.05) is 0 Å². The van der Waals surface area contributed by atoms with Crippen molar-refractivity contribution in [3.63, 3.8) is 0 Å². The number of aromatic nitrogens is 1. The Hall–Kier alpha value is -4.14. The van der Waals surface area contributed by atoms with E-state index in [9.17, 15) is 0 Å². The van der Waals surface area contributed by atoms with Crippen molar-refractivity contribution < 1.29 is 0 Å². The van der Waals surface area contributed by atoms with Crippen LogP contribution in [-0.2, 0) is 0 Å². The molecule has 0 fully saturated rings. The molecule has 0 spiro atoms. The molecule has 160 valence electrons. The third-order valence-electron chi connectivity index (χ3n) is 6.69. The SMILES string of the molecule is c1ccc(-c2cccc(-c3ccccc3-n3c4ccccc4c4ccc5sccc5c43)c2)cc1. The van der Waals surface area contributed by atoms with Crippen molar-refractivity contribution in [3.05, 3.63) is 127 Å². The summed E-state index contributed by atoms with van der Waals surface area (Å²) in [6.45, 7) is 0. The van der Waals surface area contributed by atoms with E-state index in [1.54, 1.807) is 11.3 Å². The van der Waals surface area contributed by atoms with E-state index in [0.717, 1.165) is 0 Å². The number of benzene rings is 5. The van der Waals surface area contributed by atoms with Crippen LogP contribution in [0.1, 0.15) is 0 Å². The van der Waals surface area contributed by atoms with Gasteiger partial charge in [0, 0.05) is 26.4 Å². The minimum atomic E-state index is 1.21. The number of hydrogen-bond donors (Lipinski definition) is 0. The smallest absolute Gasteiger partial charge is 0.0628 e. The summed E-state index contributed by atoms with van der Waals surface area (Å²) in [5, 5.41) is 6.10. The Morgan fingerprint density at radius 2 is 1.26 bits per heavy atom. The number of para-hydroxylation sites is 2. The highest BCUT2D eigenvalue weighted by Gasteiger charge is 2.17. The maximum absolute atomic E-state index is 2.46. The molecule has 34 heavy (non-hydrogen) atoms. The van der Waals surface area contributed by atoms with Crippen LogP contribution in [0, 0.1) is 0 Å². The largest absolute Gasteiger partial charge is 0.308 e. The summed E-state index contributed by atoms with van der Waals surface area (Å²) < 4.78 is 3.78. The van der Waals surface area contributed by atoms with E-state index in [2.05, 4.69) is 131 Å². The van der Waals surface area contributed by atoms with Crippen LogP contribution in [0.5, 0.6) is 0 Å². The maximum Gasteiger partial charge on any atom is 0.0628 e. The Morgan fingerprint density at radius 1 is 0.500 bits per heavy atom. The first-order valence-electron chi connectivity index (χ1n) is 11.5. The molecule has 0 saturated heterocycles. The Bertz CT molecular complexity index is 1800. The van der Waals surface area contributed by atoms with Gasteiger partial charge in [-0.05, 0) is 52.4 Å². The van der Waals surface area contributed by atoms with E-state index in [1.165, 1.54) is 59.8 Å². The van der Waals surface area contributed by atoms with Crippen molar-refractivity contribution in [2.75, 3.05) is 0 Å². The quantitative estimate of drug-likeness (QED) is 0.252. The van der Waals surface area contributed by atoms with Gasteiger partial charge < -0.3 is 4.57 Å². The molecular weight excluding hydrogens is 430 g/mol. The second-order valence-corrected chi connectivity index (χ2v) is 9.56. The number of hydrogen-bond acceptors (Lipinski definition) is 1. The molecule has 0 bridgehead atoms. The van der Waals surface area contributed by atoms with Gasteiger partial charge in [0.05, 0.1) is 16.7 Å². The molecular formula is C32H21NS. The molecule has 0 aliphatic rings. The summed E-state index contributed by atoms with van der Waals surface area (Å²) in [4.78, 5) is 0. The normalized spacial score (nSPS) is 11.5. The molecule has 0 amide bonds. The molecule has 7 aromatic rings. The lowest BCUT2D eigenvalue weighted by atomic mass is 9.98. The summed E-state index contributed by atoms with van der Waals surface area (Å²) >= 11 is 1.80. The van der Waals surface area contributed by atoms with Gasteiger partial charge in [-0.3, -0.25) is 0 Å². The van der Waals surface area contributed by atoms with Crippen molar-refractivity contribution in [1.82, 2.24) is 4.57 Å². The van der Waals surface area contributed by atoms with Crippen LogP contribution in [0.2, 0.25) is 0 Å². The molecule has 0 aliphatic heterocycles. The lowest BCUT2D eigenvalue weighted by molar-refractivity contribution is 1.19. The molecule has 0 saturated carbocycles. The second-order valence-electron chi connectivity index (χ2n) is 8.61. The fourth-order valence-corrected chi connectivity index (χ4v) is 5.95. The van der Waals surface area contributed by atoms with Gasteiger partial charge in [-0.25, -0.2) is 0 Å². The van der Waals surface area contributed by atoms with Gasteiger partial charge in [0.1, 0.15) is 0 Å². The molecule has 0 unspecified atom stereocenters. The second kappa shape index (κ2) is 7.72. The molecule has 5 aromatic carbocycles. The minimum Gasteiger partial charge on any atom is -0.308 e. The summed E-state index contributed by atoms with van der Waals surface area (Å²) in [5.74, 6) is 0. The number of thiophene rings is 1. The van der Waals surface area contributed by atoms with Gasteiger partial charge in [0.25, 0.3) is 0 Å². The van der Waals surface area contributed by atoms with Gasteiger partial charge in [-0.15, -0.1) is 11.3 Å². The minimum absolute atomic E-state index is 1.21. The summed E-state index contributed by atoms with van der Waals surface area (Å²) in [7, 11) is 0.